The molecule has 1 saturated carbocycles. The number of hydrogen-bond acceptors (Lipinski definition) is 6. The lowest BCUT2D eigenvalue weighted by Crippen LogP contribution is -2.38. The first-order chi connectivity index (χ1) is 12.4. The van der Waals surface area contributed by atoms with E-state index in [2.05, 4.69) is 0 Å². The number of imide groups is 1. The van der Waals surface area contributed by atoms with E-state index in [1.807, 2.05) is 26.0 Å². The minimum absolute atomic E-state index is 0.105. The van der Waals surface area contributed by atoms with Crippen LogP contribution in [0.2, 0.25) is 0 Å². The Kier molecular flexibility index (Phi) is 4.06. The minimum atomic E-state index is -0.732. The Morgan fingerprint density at radius 1 is 1.15 bits per heavy atom. The van der Waals surface area contributed by atoms with Crippen molar-refractivity contribution in [1.82, 2.24) is 4.90 Å². The molecule has 4 atom stereocenters. The van der Waals surface area contributed by atoms with Gasteiger partial charge in [-0.1, -0.05) is 12.2 Å². The molecule has 0 unspecified atom stereocenters. The highest BCUT2D eigenvalue weighted by molar-refractivity contribution is 7.12. The van der Waals surface area contributed by atoms with Crippen molar-refractivity contribution in [2.45, 2.75) is 20.3 Å². The molecule has 4 rings (SSSR count). The summed E-state index contributed by atoms with van der Waals surface area (Å²) in [6.45, 7) is 2.95. The van der Waals surface area contributed by atoms with Gasteiger partial charge in [-0.2, -0.15) is 0 Å². The lowest BCUT2D eigenvalue weighted by molar-refractivity contribution is -0.152. The van der Waals surface area contributed by atoms with Gasteiger partial charge in [-0.15, -0.1) is 11.3 Å². The van der Waals surface area contributed by atoms with Crippen molar-refractivity contribution in [3.05, 3.63) is 33.5 Å². The van der Waals surface area contributed by atoms with E-state index in [1.165, 1.54) is 11.3 Å². The van der Waals surface area contributed by atoms with Gasteiger partial charge in [0.15, 0.2) is 6.61 Å². The molecule has 1 aliphatic heterocycles. The standard InChI is InChI=1S/C19H19NO5S/c1-9-5-13(10(2)26-9)14(21)8-25-15(22)7-20-18(23)16-11-3-4-12(6-11)17(16)19(20)24/h3-5,11-12,16-17H,6-8H2,1-2H3/t11-,12-,16+,17+/m0/s1. The number of likely N-dealkylation sites (tertiary alicyclic amines) is 1. The molecule has 6 nitrogen and oxygen atoms in total. The Balaban J connectivity index is 1.36. The predicted molar refractivity (Wildman–Crippen MR) is 93.5 cm³/mol. The normalized spacial score (nSPS) is 28.8. The third kappa shape index (κ3) is 2.61. The van der Waals surface area contributed by atoms with Crippen LogP contribution >= 0.6 is 11.3 Å². The van der Waals surface area contributed by atoms with Crippen molar-refractivity contribution in [1.29, 1.82) is 0 Å². The summed E-state index contributed by atoms with van der Waals surface area (Å²) in [6, 6.07) is 1.77. The zero-order chi connectivity index (χ0) is 18.6. The summed E-state index contributed by atoms with van der Waals surface area (Å²) in [5, 5.41) is 0. The molecule has 0 radical (unpaired) electrons. The fraction of sp³-hybridized carbons (Fsp3) is 0.474. The Bertz CT molecular complexity index is 824. The van der Waals surface area contributed by atoms with Crippen LogP contribution in [0.5, 0.6) is 0 Å². The van der Waals surface area contributed by atoms with Crippen LogP contribution in [-0.4, -0.2) is 41.6 Å². The maximum Gasteiger partial charge on any atom is 0.326 e. The van der Waals surface area contributed by atoms with E-state index in [1.54, 1.807) is 6.07 Å². The van der Waals surface area contributed by atoms with Gasteiger partial charge in [0.2, 0.25) is 17.6 Å². The molecule has 0 aromatic carbocycles. The Hall–Kier alpha value is -2.28. The van der Waals surface area contributed by atoms with Crippen molar-refractivity contribution < 1.29 is 23.9 Å². The molecule has 1 aromatic rings. The minimum Gasteiger partial charge on any atom is -0.456 e. The van der Waals surface area contributed by atoms with Crippen LogP contribution in [-0.2, 0) is 19.1 Å². The van der Waals surface area contributed by atoms with Gasteiger partial charge >= 0.3 is 5.97 Å². The van der Waals surface area contributed by atoms with Gasteiger partial charge in [-0.25, -0.2) is 0 Å². The summed E-state index contributed by atoms with van der Waals surface area (Å²) < 4.78 is 5.03. The van der Waals surface area contributed by atoms with E-state index < -0.39 is 12.5 Å². The highest BCUT2D eigenvalue weighted by Gasteiger charge is 2.59. The monoisotopic (exact) mass is 373 g/mol. The van der Waals surface area contributed by atoms with Gasteiger partial charge in [0.1, 0.15) is 6.54 Å². The van der Waals surface area contributed by atoms with Crippen LogP contribution in [0.1, 0.15) is 26.5 Å². The fourth-order valence-electron chi connectivity index (χ4n) is 4.43. The average Bonchev–Trinajstić information content (AvgIpc) is 3.33. The summed E-state index contributed by atoms with van der Waals surface area (Å²) in [7, 11) is 0. The van der Waals surface area contributed by atoms with Crippen LogP contribution in [0.15, 0.2) is 18.2 Å². The van der Waals surface area contributed by atoms with Crippen molar-refractivity contribution in [2.24, 2.45) is 23.7 Å². The Morgan fingerprint density at radius 2 is 1.77 bits per heavy atom. The maximum atomic E-state index is 12.5. The molecule has 2 aliphatic carbocycles. The van der Waals surface area contributed by atoms with E-state index in [4.69, 9.17) is 4.74 Å². The number of amides is 2. The van der Waals surface area contributed by atoms with E-state index >= 15 is 0 Å². The molecule has 2 bridgehead atoms. The number of rotatable bonds is 5. The average molecular weight is 373 g/mol. The number of nitrogens with zero attached hydrogens (tertiary/aromatic N) is 1. The Labute approximate surface area is 154 Å². The molecule has 0 N–H and O–H groups in total. The molecular weight excluding hydrogens is 354 g/mol. The van der Waals surface area contributed by atoms with Gasteiger partial charge < -0.3 is 4.74 Å². The Morgan fingerprint density at radius 3 is 2.31 bits per heavy atom. The number of carbonyl (C=O) groups excluding carboxylic acids is 4. The predicted octanol–water partition coefficient (Wildman–Crippen LogP) is 1.90. The number of hydrogen-bond donors (Lipinski definition) is 0. The fourth-order valence-corrected chi connectivity index (χ4v) is 5.37. The molecule has 1 saturated heterocycles. The second-order valence-electron chi connectivity index (χ2n) is 7.17. The third-order valence-electron chi connectivity index (χ3n) is 5.55. The van der Waals surface area contributed by atoms with Gasteiger partial charge in [-0.3, -0.25) is 24.1 Å². The first kappa shape index (κ1) is 17.1. The topological polar surface area (TPSA) is 80.8 Å². The molecule has 7 heteroatoms. The number of aryl methyl sites for hydroxylation is 2. The number of carbonyl (C=O) groups is 4. The molecule has 136 valence electrons. The number of ether oxygens (including phenoxy) is 1. The number of ketones is 1. The molecule has 1 aromatic heterocycles. The number of Topliss-reactive ketones (excluding diaryl/α,β-unsaturated/α-hetero) is 1. The number of esters is 1. The van der Waals surface area contributed by atoms with Crippen molar-refractivity contribution in [2.75, 3.05) is 13.2 Å². The quantitative estimate of drug-likeness (QED) is 0.341. The lowest BCUT2D eigenvalue weighted by Gasteiger charge is -2.16. The summed E-state index contributed by atoms with van der Waals surface area (Å²) in [5.41, 5.74) is 0.547. The van der Waals surface area contributed by atoms with E-state index in [0.29, 0.717) is 5.56 Å². The summed E-state index contributed by atoms with van der Waals surface area (Å²) in [4.78, 5) is 52.2. The second kappa shape index (κ2) is 6.16. The van der Waals surface area contributed by atoms with Crippen molar-refractivity contribution in [3.63, 3.8) is 0 Å². The molecule has 2 amide bonds. The van der Waals surface area contributed by atoms with Crippen molar-refractivity contribution >= 4 is 34.9 Å². The third-order valence-corrected chi connectivity index (χ3v) is 6.52. The molecule has 0 spiro atoms. The number of fused-ring (bicyclic) bond motifs is 5. The highest BCUT2D eigenvalue weighted by Crippen LogP contribution is 2.52. The van der Waals surface area contributed by atoms with E-state index in [-0.39, 0.29) is 47.9 Å². The van der Waals surface area contributed by atoms with Crippen molar-refractivity contribution in [3.8, 4) is 0 Å². The lowest BCUT2D eigenvalue weighted by atomic mass is 9.85. The molecule has 26 heavy (non-hydrogen) atoms. The molecule has 3 aliphatic rings. The maximum absolute atomic E-state index is 12.5. The summed E-state index contributed by atoms with van der Waals surface area (Å²) in [6.07, 6.45) is 4.85. The van der Waals surface area contributed by atoms with Gasteiger partial charge in [0.25, 0.3) is 0 Å². The first-order valence-corrected chi connectivity index (χ1v) is 9.48. The van der Waals surface area contributed by atoms with Gasteiger partial charge in [0, 0.05) is 15.3 Å². The van der Waals surface area contributed by atoms with Gasteiger partial charge in [0.05, 0.1) is 11.8 Å². The van der Waals surface area contributed by atoms with Crippen LogP contribution in [0.3, 0.4) is 0 Å². The van der Waals surface area contributed by atoms with E-state index in [0.717, 1.165) is 21.1 Å². The summed E-state index contributed by atoms with van der Waals surface area (Å²) in [5.74, 6) is -2.04. The van der Waals surface area contributed by atoms with Crippen LogP contribution in [0, 0.1) is 37.5 Å². The largest absolute Gasteiger partial charge is 0.456 e. The van der Waals surface area contributed by atoms with Gasteiger partial charge in [-0.05, 0) is 38.2 Å². The highest BCUT2D eigenvalue weighted by atomic mass is 32.1. The van der Waals surface area contributed by atoms with Crippen LogP contribution < -0.4 is 0 Å². The SMILES string of the molecule is Cc1cc(C(=O)COC(=O)CN2C(=O)[C@H]3[C@H](C2=O)[C@H]2C=C[C@H]3C2)c(C)s1. The zero-order valence-electron chi connectivity index (χ0n) is 14.6. The zero-order valence-corrected chi connectivity index (χ0v) is 15.4. The van der Waals surface area contributed by atoms with E-state index in [9.17, 15) is 19.2 Å². The number of allylic oxidation sites excluding steroid dienone is 2. The van der Waals surface area contributed by atoms with Crippen LogP contribution in [0.4, 0.5) is 0 Å². The second-order valence-corrected chi connectivity index (χ2v) is 8.63. The smallest absolute Gasteiger partial charge is 0.326 e. The summed E-state index contributed by atoms with van der Waals surface area (Å²) >= 11 is 1.51. The van der Waals surface area contributed by atoms with Crippen LogP contribution in [0.25, 0.3) is 0 Å². The first-order valence-electron chi connectivity index (χ1n) is 8.66. The number of thiophene rings is 1. The molecule has 2 fully saturated rings. The molecule has 2 heterocycles. The molecular formula is C19H19NO5S.